The number of nitrogens with one attached hydrogen (secondary N) is 3. The lowest BCUT2D eigenvalue weighted by Gasteiger charge is -2.14. The van der Waals surface area contributed by atoms with Crippen molar-refractivity contribution in [3.63, 3.8) is 0 Å². The molecule has 0 bridgehead atoms. The molecule has 0 aliphatic rings. The number of hydrogen-bond donors (Lipinski definition) is 5. The largest absolute Gasteiger partial charge is 0.394 e. The zero-order chi connectivity index (χ0) is 12.3. The molecular weight excluding hydrogens is 224 g/mol. The fourth-order valence-electron chi connectivity index (χ4n) is 1.40. The third-order valence-corrected chi connectivity index (χ3v) is 2.31. The van der Waals surface area contributed by atoms with Crippen molar-refractivity contribution in [2.75, 3.05) is 30.9 Å². The van der Waals surface area contributed by atoms with Gasteiger partial charge in [-0.3, -0.25) is 5.10 Å². The van der Waals surface area contributed by atoms with Gasteiger partial charge in [0.2, 0.25) is 5.95 Å². The zero-order valence-corrected chi connectivity index (χ0v) is 9.30. The molecule has 0 unspecified atom stereocenters. The van der Waals surface area contributed by atoms with Crippen LogP contribution in [0, 0.1) is 0 Å². The molecule has 0 spiro atoms. The Labute approximate surface area is 97.1 Å². The van der Waals surface area contributed by atoms with Crippen molar-refractivity contribution in [2.24, 2.45) is 0 Å². The lowest BCUT2D eigenvalue weighted by atomic mass is 10.3. The first-order valence-electron chi connectivity index (χ1n) is 5.15. The second-order valence-corrected chi connectivity index (χ2v) is 3.48. The lowest BCUT2D eigenvalue weighted by Crippen LogP contribution is -2.28. The summed E-state index contributed by atoms with van der Waals surface area (Å²) in [5, 5.41) is 31.1. The fourth-order valence-corrected chi connectivity index (χ4v) is 1.40. The second kappa shape index (κ2) is 4.93. The fraction of sp³-hybridized carbons (Fsp3) is 0.444. The van der Waals surface area contributed by atoms with Crippen molar-refractivity contribution in [1.82, 2.24) is 20.2 Å². The molecule has 0 radical (unpaired) electrons. The van der Waals surface area contributed by atoms with Gasteiger partial charge in [0.05, 0.1) is 30.8 Å². The van der Waals surface area contributed by atoms with Crippen molar-refractivity contribution in [2.45, 2.75) is 6.04 Å². The van der Waals surface area contributed by atoms with Crippen LogP contribution in [0.3, 0.4) is 0 Å². The summed E-state index contributed by atoms with van der Waals surface area (Å²) in [5.74, 6) is 0.945. The van der Waals surface area contributed by atoms with E-state index in [1.807, 2.05) is 0 Å². The number of aromatic nitrogens is 4. The summed E-state index contributed by atoms with van der Waals surface area (Å²) in [5.41, 5.74) is 0.585. The number of anilines is 2. The lowest BCUT2D eigenvalue weighted by molar-refractivity contribution is 0.203. The molecular formula is C9H14N6O2. The minimum atomic E-state index is -0.465. The average Bonchev–Trinajstić information content (AvgIpc) is 2.83. The summed E-state index contributed by atoms with van der Waals surface area (Å²) in [6, 6.07) is -0.465. The SMILES string of the molecule is CNc1nc(NC(CO)CO)c2cn[nH]c2n1. The van der Waals surface area contributed by atoms with Crippen molar-refractivity contribution in [3.05, 3.63) is 6.20 Å². The minimum absolute atomic E-state index is 0.186. The monoisotopic (exact) mass is 238 g/mol. The second-order valence-electron chi connectivity index (χ2n) is 3.48. The predicted octanol–water partition coefficient (Wildman–Crippen LogP) is -0.840. The van der Waals surface area contributed by atoms with E-state index < -0.39 is 6.04 Å². The average molecular weight is 238 g/mol. The highest BCUT2D eigenvalue weighted by Gasteiger charge is 2.12. The Balaban J connectivity index is 2.39. The van der Waals surface area contributed by atoms with Crippen LogP contribution in [0.4, 0.5) is 11.8 Å². The van der Waals surface area contributed by atoms with Gasteiger partial charge in [0.1, 0.15) is 5.82 Å². The third-order valence-electron chi connectivity index (χ3n) is 2.31. The summed E-state index contributed by atoms with van der Waals surface area (Å²) in [7, 11) is 1.71. The molecule has 2 rings (SSSR count). The third kappa shape index (κ3) is 2.27. The number of aliphatic hydroxyl groups excluding tert-OH is 2. The number of rotatable bonds is 5. The Hall–Kier alpha value is -1.93. The highest BCUT2D eigenvalue weighted by molar-refractivity contribution is 5.87. The van der Waals surface area contributed by atoms with Crippen molar-refractivity contribution < 1.29 is 10.2 Å². The maximum absolute atomic E-state index is 9.03. The molecule has 0 aliphatic carbocycles. The summed E-state index contributed by atoms with van der Waals surface area (Å²) in [6.07, 6.45) is 1.59. The number of aliphatic hydroxyl groups is 2. The first-order valence-corrected chi connectivity index (χ1v) is 5.15. The van der Waals surface area contributed by atoms with Crippen molar-refractivity contribution in [3.8, 4) is 0 Å². The van der Waals surface area contributed by atoms with Gasteiger partial charge in [-0.2, -0.15) is 15.1 Å². The number of fused-ring (bicyclic) bond motifs is 1. The molecule has 2 aromatic rings. The van der Waals surface area contributed by atoms with Gasteiger partial charge in [-0.25, -0.2) is 0 Å². The molecule has 92 valence electrons. The molecule has 0 aliphatic heterocycles. The number of nitrogens with zero attached hydrogens (tertiary/aromatic N) is 3. The quantitative estimate of drug-likeness (QED) is 0.460. The van der Waals surface area contributed by atoms with E-state index in [1.54, 1.807) is 13.2 Å². The van der Waals surface area contributed by atoms with Crippen LogP contribution in [0.2, 0.25) is 0 Å². The van der Waals surface area contributed by atoms with Gasteiger partial charge in [0.15, 0.2) is 5.65 Å². The zero-order valence-electron chi connectivity index (χ0n) is 9.30. The molecule has 0 fully saturated rings. The highest BCUT2D eigenvalue weighted by atomic mass is 16.3. The van der Waals surface area contributed by atoms with Crippen LogP contribution >= 0.6 is 0 Å². The Morgan fingerprint density at radius 2 is 2.12 bits per heavy atom. The van der Waals surface area contributed by atoms with Gasteiger partial charge in [0, 0.05) is 7.05 Å². The Morgan fingerprint density at radius 3 is 2.76 bits per heavy atom. The standard InChI is InChI=1S/C9H14N6O2/c1-10-9-13-7(12-5(3-16)4-17)6-2-11-15-8(6)14-9/h2,5,16-17H,3-4H2,1H3,(H3,10,11,12,13,14,15). The maximum atomic E-state index is 9.03. The van der Waals surface area contributed by atoms with Crippen LogP contribution in [0.5, 0.6) is 0 Å². The number of hydrogen-bond acceptors (Lipinski definition) is 7. The Kier molecular flexibility index (Phi) is 3.35. The molecule has 0 aromatic carbocycles. The maximum Gasteiger partial charge on any atom is 0.226 e. The predicted molar refractivity (Wildman–Crippen MR) is 62.8 cm³/mol. The first kappa shape index (κ1) is 11.6. The smallest absolute Gasteiger partial charge is 0.226 e. The van der Waals surface area contributed by atoms with Gasteiger partial charge in [0.25, 0.3) is 0 Å². The van der Waals surface area contributed by atoms with E-state index in [-0.39, 0.29) is 13.2 Å². The van der Waals surface area contributed by atoms with E-state index in [9.17, 15) is 0 Å². The van der Waals surface area contributed by atoms with E-state index >= 15 is 0 Å². The van der Waals surface area contributed by atoms with Crippen molar-refractivity contribution >= 4 is 22.8 Å². The molecule has 2 heterocycles. The van der Waals surface area contributed by atoms with Crippen LogP contribution in [0.1, 0.15) is 0 Å². The van der Waals surface area contributed by atoms with E-state index in [4.69, 9.17) is 10.2 Å². The molecule has 8 heteroatoms. The van der Waals surface area contributed by atoms with Gasteiger partial charge in [-0.1, -0.05) is 0 Å². The Morgan fingerprint density at radius 1 is 1.35 bits per heavy atom. The molecule has 0 atom stereocenters. The topological polar surface area (TPSA) is 119 Å². The van der Waals surface area contributed by atoms with E-state index in [1.165, 1.54) is 0 Å². The van der Waals surface area contributed by atoms with Crippen molar-refractivity contribution in [1.29, 1.82) is 0 Å². The number of H-pyrrole nitrogens is 1. The molecule has 0 saturated heterocycles. The van der Waals surface area contributed by atoms with E-state index in [0.29, 0.717) is 22.8 Å². The highest BCUT2D eigenvalue weighted by Crippen LogP contribution is 2.20. The summed E-state index contributed by atoms with van der Waals surface area (Å²) < 4.78 is 0. The first-order chi connectivity index (χ1) is 8.28. The Bertz CT molecular complexity index is 495. The van der Waals surface area contributed by atoms with E-state index in [2.05, 4.69) is 30.8 Å². The summed E-state index contributed by atoms with van der Waals surface area (Å²) >= 11 is 0. The minimum Gasteiger partial charge on any atom is -0.394 e. The normalized spacial score (nSPS) is 11.1. The van der Waals surface area contributed by atoms with Crippen LogP contribution < -0.4 is 10.6 Å². The molecule has 5 N–H and O–H groups in total. The van der Waals surface area contributed by atoms with Gasteiger partial charge in [-0.05, 0) is 0 Å². The van der Waals surface area contributed by atoms with Gasteiger partial charge >= 0.3 is 0 Å². The summed E-state index contributed by atoms with van der Waals surface area (Å²) in [6.45, 7) is -0.372. The van der Waals surface area contributed by atoms with Crippen LogP contribution in [-0.2, 0) is 0 Å². The van der Waals surface area contributed by atoms with Crippen LogP contribution in [-0.4, -0.2) is 56.7 Å². The van der Waals surface area contributed by atoms with Gasteiger partial charge in [-0.15, -0.1) is 0 Å². The summed E-state index contributed by atoms with van der Waals surface area (Å²) in [4.78, 5) is 8.38. The van der Waals surface area contributed by atoms with Gasteiger partial charge < -0.3 is 20.8 Å². The van der Waals surface area contributed by atoms with Crippen LogP contribution in [0.15, 0.2) is 6.20 Å². The molecule has 2 aromatic heterocycles. The van der Waals surface area contributed by atoms with Crippen LogP contribution in [0.25, 0.3) is 11.0 Å². The van der Waals surface area contributed by atoms with E-state index in [0.717, 1.165) is 0 Å². The molecule has 8 nitrogen and oxygen atoms in total. The molecule has 17 heavy (non-hydrogen) atoms. The molecule has 0 saturated carbocycles. The number of aromatic amines is 1. The molecule has 0 amide bonds.